The lowest BCUT2D eigenvalue weighted by atomic mass is 9.59. The SMILES string of the molecule is CC1=C2C3OC(=O)[C@@H](C)C3CC[C@@]2(C)[C@@H](Cl)[C@H](Br)C1=O. The van der Waals surface area contributed by atoms with E-state index in [4.69, 9.17) is 16.3 Å². The lowest BCUT2D eigenvalue weighted by Crippen LogP contribution is -2.52. The first-order chi connectivity index (χ1) is 9.29. The van der Waals surface area contributed by atoms with Gasteiger partial charge in [-0.25, -0.2) is 0 Å². The molecule has 3 rings (SSSR count). The standard InChI is InChI=1S/C15H18BrClO3/c1-6-8-4-5-15(3)9(12(8)20-14(6)19)7(2)11(18)10(16)13(15)17/h6,8,10,12-13H,4-5H2,1-3H3/t6-,8?,10+,12?,13-,15+/m0/s1. The number of ether oxygens (including phenoxy) is 1. The minimum atomic E-state index is -0.357. The zero-order chi connectivity index (χ0) is 14.8. The first-order valence-corrected chi connectivity index (χ1v) is 8.38. The molecule has 0 spiro atoms. The first-order valence-electron chi connectivity index (χ1n) is 7.03. The highest BCUT2D eigenvalue weighted by Gasteiger charge is 2.58. The molecular weight excluding hydrogens is 344 g/mol. The number of fused-ring (bicyclic) bond motifs is 3. The van der Waals surface area contributed by atoms with Gasteiger partial charge in [0.25, 0.3) is 0 Å². The van der Waals surface area contributed by atoms with Gasteiger partial charge in [0, 0.05) is 11.3 Å². The third-order valence-electron chi connectivity index (χ3n) is 5.43. The summed E-state index contributed by atoms with van der Waals surface area (Å²) < 4.78 is 5.59. The highest BCUT2D eigenvalue weighted by molar-refractivity contribution is 9.10. The maximum absolute atomic E-state index is 12.4. The van der Waals surface area contributed by atoms with E-state index in [1.807, 2.05) is 13.8 Å². The average Bonchev–Trinajstić information content (AvgIpc) is 2.69. The maximum Gasteiger partial charge on any atom is 0.309 e. The van der Waals surface area contributed by atoms with Crippen LogP contribution in [0.2, 0.25) is 0 Å². The number of carbonyl (C=O) groups is 2. The molecular formula is C15H18BrClO3. The van der Waals surface area contributed by atoms with E-state index in [-0.39, 0.29) is 45.3 Å². The molecule has 2 unspecified atom stereocenters. The van der Waals surface area contributed by atoms with Crippen LogP contribution in [0.1, 0.15) is 33.6 Å². The first kappa shape index (κ1) is 14.6. The van der Waals surface area contributed by atoms with E-state index >= 15 is 0 Å². The quantitative estimate of drug-likeness (QED) is 0.491. The molecule has 3 aliphatic rings. The predicted molar refractivity (Wildman–Crippen MR) is 79.9 cm³/mol. The van der Waals surface area contributed by atoms with Gasteiger partial charge in [-0.3, -0.25) is 9.59 Å². The van der Waals surface area contributed by atoms with Crippen LogP contribution in [0.15, 0.2) is 11.1 Å². The van der Waals surface area contributed by atoms with Crippen LogP contribution in [0.4, 0.5) is 0 Å². The second-order valence-electron chi connectivity index (χ2n) is 6.47. The lowest BCUT2D eigenvalue weighted by Gasteiger charge is -2.49. The number of halogens is 2. The van der Waals surface area contributed by atoms with E-state index in [2.05, 4.69) is 22.9 Å². The Labute approximate surface area is 132 Å². The Kier molecular flexibility index (Phi) is 3.33. The molecule has 1 heterocycles. The largest absolute Gasteiger partial charge is 0.457 e. The van der Waals surface area contributed by atoms with Gasteiger partial charge in [-0.1, -0.05) is 29.8 Å². The third kappa shape index (κ3) is 1.70. The third-order valence-corrected chi connectivity index (χ3v) is 7.41. The summed E-state index contributed by atoms with van der Waals surface area (Å²) in [5.74, 6) is -0.0303. The molecule has 1 saturated heterocycles. The van der Waals surface area contributed by atoms with Crippen molar-refractivity contribution in [1.82, 2.24) is 0 Å². The van der Waals surface area contributed by atoms with Gasteiger partial charge in [-0.15, -0.1) is 11.6 Å². The predicted octanol–water partition coefficient (Wildman–Crippen LogP) is 3.23. The van der Waals surface area contributed by atoms with Crippen molar-refractivity contribution < 1.29 is 14.3 Å². The summed E-state index contributed by atoms with van der Waals surface area (Å²) in [6.45, 7) is 5.85. The van der Waals surface area contributed by atoms with Crippen LogP contribution in [0.5, 0.6) is 0 Å². The van der Waals surface area contributed by atoms with E-state index in [0.29, 0.717) is 0 Å². The van der Waals surface area contributed by atoms with Crippen LogP contribution in [-0.4, -0.2) is 28.1 Å². The summed E-state index contributed by atoms with van der Waals surface area (Å²) in [6, 6.07) is 0. The molecule has 0 radical (unpaired) electrons. The molecule has 0 bridgehead atoms. The number of esters is 1. The van der Waals surface area contributed by atoms with Crippen molar-refractivity contribution in [2.45, 2.75) is 49.9 Å². The fraction of sp³-hybridized carbons (Fsp3) is 0.733. The van der Waals surface area contributed by atoms with E-state index in [0.717, 1.165) is 24.0 Å². The molecule has 2 aliphatic carbocycles. The summed E-state index contributed by atoms with van der Waals surface area (Å²) in [4.78, 5) is 23.9. The van der Waals surface area contributed by atoms with Crippen LogP contribution in [0.3, 0.4) is 0 Å². The average molecular weight is 362 g/mol. The van der Waals surface area contributed by atoms with Gasteiger partial charge in [0.15, 0.2) is 5.78 Å². The van der Waals surface area contributed by atoms with Crippen molar-refractivity contribution in [2.75, 3.05) is 0 Å². The molecule has 0 aromatic carbocycles. The Morgan fingerprint density at radius 3 is 2.70 bits per heavy atom. The smallest absolute Gasteiger partial charge is 0.309 e. The van der Waals surface area contributed by atoms with Crippen molar-refractivity contribution in [3.63, 3.8) is 0 Å². The van der Waals surface area contributed by atoms with E-state index < -0.39 is 0 Å². The van der Waals surface area contributed by atoms with Gasteiger partial charge in [-0.2, -0.15) is 0 Å². The van der Waals surface area contributed by atoms with Crippen LogP contribution in [0, 0.1) is 17.3 Å². The number of carbonyl (C=O) groups excluding carboxylic acids is 2. The molecule has 110 valence electrons. The Balaban J connectivity index is 2.13. The molecule has 1 aliphatic heterocycles. The zero-order valence-electron chi connectivity index (χ0n) is 11.8. The fourth-order valence-corrected chi connectivity index (χ4v) is 5.35. The van der Waals surface area contributed by atoms with Crippen molar-refractivity contribution in [3.8, 4) is 0 Å². The van der Waals surface area contributed by atoms with Crippen molar-refractivity contribution in [3.05, 3.63) is 11.1 Å². The van der Waals surface area contributed by atoms with Crippen LogP contribution in [0.25, 0.3) is 0 Å². The number of rotatable bonds is 0. The number of hydrogen-bond donors (Lipinski definition) is 0. The summed E-state index contributed by atoms with van der Waals surface area (Å²) in [6.07, 6.45) is 1.55. The molecule has 5 heteroatoms. The molecule has 6 atom stereocenters. The normalized spacial score (nSPS) is 48.0. The summed E-state index contributed by atoms with van der Waals surface area (Å²) in [5, 5.41) is -0.302. The number of allylic oxidation sites excluding steroid dienone is 1. The van der Waals surface area contributed by atoms with E-state index in [1.54, 1.807) is 0 Å². The van der Waals surface area contributed by atoms with Crippen molar-refractivity contribution in [1.29, 1.82) is 0 Å². The van der Waals surface area contributed by atoms with Crippen LogP contribution >= 0.6 is 27.5 Å². The van der Waals surface area contributed by atoms with Gasteiger partial charge in [-0.05, 0) is 30.9 Å². The minimum absolute atomic E-state index is 0.0220. The Morgan fingerprint density at radius 1 is 1.40 bits per heavy atom. The molecule has 0 N–H and O–H groups in total. The number of hydrogen-bond acceptors (Lipinski definition) is 3. The van der Waals surface area contributed by atoms with Crippen molar-refractivity contribution in [2.24, 2.45) is 17.3 Å². The van der Waals surface area contributed by atoms with E-state index in [1.165, 1.54) is 0 Å². The summed E-state index contributed by atoms with van der Waals surface area (Å²) >= 11 is 9.99. The maximum atomic E-state index is 12.4. The Bertz CT molecular complexity index is 529. The monoisotopic (exact) mass is 360 g/mol. The topological polar surface area (TPSA) is 43.4 Å². The highest BCUT2D eigenvalue weighted by atomic mass is 79.9. The van der Waals surface area contributed by atoms with Crippen LogP contribution in [-0.2, 0) is 14.3 Å². The van der Waals surface area contributed by atoms with Gasteiger partial charge in [0.05, 0.1) is 16.1 Å². The minimum Gasteiger partial charge on any atom is -0.457 e. The molecule has 0 aromatic heterocycles. The van der Waals surface area contributed by atoms with Gasteiger partial charge < -0.3 is 4.74 Å². The Hall–Kier alpha value is -0.350. The molecule has 0 amide bonds. The molecule has 0 aromatic rings. The molecule has 3 nitrogen and oxygen atoms in total. The summed E-state index contributed by atoms with van der Waals surface area (Å²) in [5.41, 5.74) is 1.41. The van der Waals surface area contributed by atoms with Crippen molar-refractivity contribution >= 4 is 39.3 Å². The van der Waals surface area contributed by atoms with Gasteiger partial charge in [0.2, 0.25) is 0 Å². The number of alkyl halides is 2. The number of Topliss-reactive ketones (excluding diaryl/α,β-unsaturated/α-hetero) is 1. The molecule has 1 saturated carbocycles. The summed E-state index contributed by atoms with van der Waals surface area (Å²) in [7, 11) is 0. The fourth-order valence-electron chi connectivity index (χ4n) is 4.08. The van der Waals surface area contributed by atoms with E-state index in [9.17, 15) is 9.59 Å². The second-order valence-corrected chi connectivity index (χ2v) is 7.93. The lowest BCUT2D eigenvalue weighted by molar-refractivity contribution is -0.143. The second kappa shape index (κ2) is 4.57. The highest BCUT2D eigenvalue weighted by Crippen LogP contribution is 2.57. The van der Waals surface area contributed by atoms with Gasteiger partial charge >= 0.3 is 5.97 Å². The molecule has 2 fully saturated rings. The Morgan fingerprint density at radius 2 is 2.05 bits per heavy atom. The zero-order valence-corrected chi connectivity index (χ0v) is 14.1. The molecule has 20 heavy (non-hydrogen) atoms. The van der Waals surface area contributed by atoms with Gasteiger partial charge in [0.1, 0.15) is 6.10 Å². The van der Waals surface area contributed by atoms with Crippen LogP contribution < -0.4 is 0 Å². The number of ketones is 1.